The van der Waals surface area contributed by atoms with E-state index < -0.39 is 41.9 Å². The molecular weight excluding hydrogens is 491 g/mol. The molecule has 0 spiro atoms. The van der Waals surface area contributed by atoms with Crippen LogP contribution in [-0.2, 0) is 15.0 Å². The molecule has 13 heteroatoms. The van der Waals surface area contributed by atoms with Gasteiger partial charge in [0.05, 0.1) is 28.4 Å². The smallest absolute Gasteiger partial charge is 0.337 e. The minimum absolute atomic E-state index is 0.0334. The highest BCUT2D eigenvalue weighted by Crippen LogP contribution is 2.56. The summed E-state index contributed by atoms with van der Waals surface area (Å²) in [5.41, 5.74) is 2.02. The molecule has 3 aliphatic rings. The second kappa shape index (κ2) is 7.73. The first kappa shape index (κ1) is 23.4. The molecule has 4 amide bonds. The van der Waals surface area contributed by atoms with E-state index in [1.54, 1.807) is 49.1 Å². The van der Waals surface area contributed by atoms with Gasteiger partial charge in [-0.25, -0.2) is 14.3 Å². The summed E-state index contributed by atoms with van der Waals surface area (Å²) in [4.78, 5) is 46.3. The fourth-order valence-corrected chi connectivity index (χ4v) is 5.32. The standard InChI is InChI=1S/C24H22F3N7O3/c1-23(2)18-17(33(21(23)36)10-24(25,26)27)5-11(8-29-18)12-6-13(12)14-7-16(32-34-4-3-28-19(14)34)15-9-30-22(37)31-20(15)35/h3-5,7-8,12-13,15H,6,9-10H2,1-2H3,(H2,30,31,35,37)/t12-,13+,15?/m1/s1. The lowest BCUT2D eigenvalue weighted by molar-refractivity contribution is -0.134. The number of alkyl halides is 3. The Bertz CT molecular complexity index is 1480. The van der Waals surface area contributed by atoms with Crippen molar-refractivity contribution in [2.24, 2.45) is 0 Å². The van der Waals surface area contributed by atoms with Crippen LogP contribution in [0.3, 0.4) is 0 Å². The number of nitrogens with zero attached hydrogens (tertiary/aromatic N) is 5. The van der Waals surface area contributed by atoms with E-state index in [-0.39, 0.29) is 24.1 Å². The van der Waals surface area contributed by atoms with Crippen molar-refractivity contribution in [3.8, 4) is 0 Å². The van der Waals surface area contributed by atoms with Crippen molar-refractivity contribution < 1.29 is 27.6 Å². The molecule has 6 rings (SSSR count). The normalized spacial score (nSPS) is 24.7. The number of imidazole rings is 1. The van der Waals surface area contributed by atoms with Gasteiger partial charge in [0, 0.05) is 30.7 Å². The molecule has 5 heterocycles. The van der Waals surface area contributed by atoms with Crippen molar-refractivity contribution in [3.63, 3.8) is 0 Å². The Kier molecular flexibility index (Phi) is 4.89. The number of pyridine rings is 1. The Labute approximate surface area is 208 Å². The van der Waals surface area contributed by atoms with Crippen LogP contribution < -0.4 is 15.5 Å². The van der Waals surface area contributed by atoms with Gasteiger partial charge >= 0.3 is 12.2 Å². The Morgan fingerprint density at radius 2 is 1.92 bits per heavy atom. The van der Waals surface area contributed by atoms with Crippen LogP contribution in [0.4, 0.5) is 23.7 Å². The number of urea groups is 1. The zero-order chi connectivity index (χ0) is 26.3. The van der Waals surface area contributed by atoms with Crippen LogP contribution in [0, 0.1) is 0 Å². The van der Waals surface area contributed by atoms with Crippen LogP contribution in [0.1, 0.15) is 60.5 Å². The average molecular weight is 513 g/mol. The number of carbonyl (C=O) groups is 3. The van der Waals surface area contributed by atoms with Crippen LogP contribution in [0.5, 0.6) is 0 Å². The van der Waals surface area contributed by atoms with Crippen molar-refractivity contribution >= 4 is 29.2 Å². The second-order valence-corrected chi connectivity index (χ2v) is 10.2. The van der Waals surface area contributed by atoms with E-state index in [4.69, 9.17) is 0 Å². The van der Waals surface area contributed by atoms with E-state index in [9.17, 15) is 27.6 Å². The molecule has 10 nitrogen and oxygen atoms in total. The number of hydrogen-bond acceptors (Lipinski definition) is 6. The Balaban J connectivity index is 1.34. The molecule has 0 bridgehead atoms. The molecule has 1 saturated heterocycles. The van der Waals surface area contributed by atoms with E-state index >= 15 is 0 Å². The Morgan fingerprint density at radius 1 is 1.14 bits per heavy atom. The minimum Gasteiger partial charge on any atom is -0.337 e. The van der Waals surface area contributed by atoms with Gasteiger partial charge in [-0.3, -0.25) is 19.9 Å². The van der Waals surface area contributed by atoms with Crippen LogP contribution in [-0.4, -0.2) is 56.7 Å². The van der Waals surface area contributed by atoms with Crippen molar-refractivity contribution in [2.75, 3.05) is 18.0 Å². The van der Waals surface area contributed by atoms with Crippen LogP contribution in [0.25, 0.3) is 5.65 Å². The van der Waals surface area contributed by atoms with E-state index in [1.807, 2.05) is 0 Å². The van der Waals surface area contributed by atoms with E-state index in [1.165, 1.54) is 0 Å². The number of nitrogens with one attached hydrogen (secondary N) is 2. The van der Waals surface area contributed by atoms with Crippen LogP contribution in [0.15, 0.2) is 30.7 Å². The molecule has 2 aliphatic heterocycles. The lowest BCUT2D eigenvalue weighted by Crippen LogP contribution is -2.51. The molecule has 3 aromatic rings. The Morgan fingerprint density at radius 3 is 2.65 bits per heavy atom. The number of halogens is 3. The lowest BCUT2D eigenvalue weighted by Gasteiger charge is -2.22. The predicted molar refractivity (Wildman–Crippen MR) is 123 cm³/mol. The van der Waals surface area contributed by atoms with Gasteiger partial charge in [0.2, 0.25) is 11.8 Å². The summed E-state index contributed by atoms with van der Waals surface area (Å²) < 4.78 is 41.4. The first-order valence-electron chi connectivity index (χ1n) is 11.8. The number of aromatic nitrogens is 4. The molecule has 0 radical (unpaired) electrons. The van der Waals surface area contributed by atoms with Crippen molar-refractivity contribution in [2.45, 2.75) is 49.6 Å². The summed E-state index contributed by atoms with van der Waals surface area (Å²) in [6.07, 6.45) is 1.03. The SMILES string of the molecule is CC1(C)C(=O)N(CC(F)(F)F)c2cc([C@H]3C[C@@H]3c3cc(C4CNC(=O)NC4=O)nn4ccnc34)cnc21. The first-order chi connectivity index (χ1) is 17.4. The highest BCUT2D eigenvalue weighted by Gasteiger charge is 2.50. The van der Waals surface area contributed by atoms with Crippen molar-refractivity contribution in [1.29, 1.82) is 0 Å². The maximum absolute atomic E-state index is 13.3. The summed E-state index contributed by atoms with van der Waals surface area (Å²) in [5, 5.41) is 9.35. The highest BCUT2D eigenvalue weighted by molar-refractivity contribution is 6.07. The third kappa shape index (κ3) is 3.80. The monoisotopic (exact) mass is 513 g/mol. The van der Waals surface area contributed by atoms with E-state index in [0.29, 0.717) is 23.5 Å². The fraction of sp³-hybridized carbons (Fsp3) is 0.417. The lowest BCUT2D eigenvalue weighted by atomic mass is 9.90. The molecule has 1 unspecified atom stereocenters. The van der Waals surface area contributed by atoms with Gasteiger partial charge in [0.15, 0.2) is 5.65 Å². The molecule has 2 fully saturated rings. The Hall–Kier alpha value is -4.03. The average Bonchev–Trinajstić information content (AvgIpc) is 3.44. The second-order valence-electron chi connectivity index (χ2n) is 10.2. The van der Waals surface area contributed by atoms with Gasteiger partial charge in [0.25, 0.3) is 0 Å². The van der Waals surface area contributed by atoms with Gasteiger partial charge < -0.3 is 10.2 Å². The third-order valence-electron chi connectivity index (χ3n) is 7.29. The number of fused-ring (bicyclic) bond motifs is 2. The number of hydrogen-bond donors (Lipinski definition) is 2. The highest BCUT2D eigenvalue weighted by atomic mass is 19.4. The zero-order valence-electron chi connectivity index (χ0n) is 19.8. The van der Waals surface area contributed by atoms with Crippen LogP contribution in [0.2, 0.25) is 0 Å². The summed E-state index contributed by atoms with van der Waals surface area (Å²) in [5.74, 6) is -1.85. The number of imide groups is 1. The molecule has 1 aliphatic carbocycles. The quantitative estimate of drug-likeness (QED) is 0.553. The molecule has 0 aromatic carbocycles. The van der Waals surface area contributed by atoms with Gasteiger partial charge in [-0.15, -0.1) is 0 Å². The number of anilines is 1. The third-order valence-corrected chi connectivity index (χ3v) is 7.29. The van der Waals surface area contributed by atoms with Crippen LogP contribution >= 0.6 is 0 Å². The summed E-state index contributed by atoms with van der Waals surface area (Å²) in [6.45, 7) is 1.89. The van der Waals surface area contributed by atoms with Crippen molar-refractivity contribution in [1.82, 2.24) is 30.2 Å². The fourth-order valence-electron chi connectivity index (χ4n) is 5.32. The van der Waals surface area contributed by atoms with Gasteiger partial charge in [-0.1, -0.05) is 0 Å². The maximum Gasteiger partial charge on any atom is 0.406 e. The molecule has 1 saturated carbocycles. The predicted octanol–water partition coefficient (Wildman–Crippen LogP) is 2.50. The van der Waals surface area contributed by atoms with E-state index in [2.05, 4.69) is 25.7 Å². The topological polar surface area (TPSA) is 122 Å². The summed E-state index contributed by atoms with van der Waals surface area (Å²) >= 11 is 0. The number of carbonyl (C=O) groups excluding carboxylic acids is 3. The first-order valence-corrected chi connectivity index (χ1v) is 11.8. The van der Waals surface area contributed by atoms with E-state index in [0.717, 1.165) is 16.0 Å². The minimum atomic E-state index is -4.55. The molecule has 2 N–H and O–H groups in total. The van der Waals surface area contributed by atoms with Crippen molar-refractivity contribution in [3.05, 3.63) is 53.2 Å². The van der Waals surface area contributed by atoms with Gasteiger partial charge in [-0.05, 0) is 49.8 Å². The molecule has 192 valence electrons. The molecule has 37 heavy (non-hydrogen) atoms. The molecular formula is C24H22F3N7O3. The largest absolute Gasteiger partial charge is 0.406 e. The zero-order valence-corrected chi connectivity index (χ0v) is 19.8. The van der Waals surface area contributed by atoms with Gasteiger partial charge in [0.1, 0.15) is 6.54 Å². The molecule has 3 atom stereocenters. The summed E-state index contributed by atoms with van der Waals surface area (Å²) in [7, 11) is 0. The molecule has 3 aromatic heterocycles. The maximum atomic E-state index is 13.3. The summed E-state index contributed by atoms with van der Waals surface area (Å²) in [6, 6.07) is 2.89. The number of rotatable bonds is 4. The van der Waals surface area contributed by atoms with Gasteiger partial charge in [-0.2, -0.15) is 18.3 Å². The number of amides is 4.